The summed E-state index contributed by atoms with van der Waals surface area (Å²) in [6.45, 7) is 0. The SMILES string of the molecule is O=c1[nH]nc(-c2ccc(Cl)cc2)s1. The maximum Gasteiger partial charge on any atom is 0.322 e. The summed E-state index contributed by atoms with van der Waals surface area (Å²) in [5.74, 6) is 0. The van der Waals surface area contributed by atoms with Crippen molar-refractivity contribution in [2.24, 2.45) is 0 Å². The van der Waals surface area contributed by atoms with Gasteiger partial charge in [0.1, 0.15) is 5.01 Å². The number of hydrogen-bond acceptors (Lipinski definition) is 3. The van der Waals surface area contributed by atoms with E-state index in [0.29, 0.717) is 10.0 Å². The summed E-state index contributed by atoms with van der Waals surface area (Å²) in [6.07, 6.45) is 0. The molecule has 2 rings (SSSR count). The van der Waals surface area contributed by atoms with Crippen LogP contribution < -0.4 is 4.87 Å². The van der Waals surface area contributed by atoms with Crippen LogP contribution in [0.1, 0.15) is 0 Å². The van der Waals surface area contributed by atoms with Crippen LogP contribution in [-0.2, 0) is 0 Å². The van der Waals surface area contributed by atoms with Crippen LogP contribution in [0.25, 0.3) is 10.6 Å². The number of benzene rings is 1. The van der Waals surface area contributed by atoms with Gasteiger partial charge in [-0.3, -0.25) is 4.79 Å². The van der Waals surface area contributed by atoms with Gasteiger partial charge in [0.2, 0.25) is 0 Å². The van der Waals surface area contributed by atoms with Gasteiger partial charge in [-0.15, -0.1) is 0 Å². The van der Waals surface area contributed by atoms with E-state index >= 15 is 0 Å². The Bertz CT molecular complexity index is 459. The monoisotopic (exact) mass is 212 g/mol. The van der Waals surface area contributed by atoms with Crippen molar-refractivity contribution in [3.05, 3.63) is 39.0 Å². The molecule has 66 valence electrons. The molecule has 0 aliphatic carbocycles. The van der Waals surface area contributed by atoms with Gasteiger partial charge in [0, 0.05) is 10.6 Å². The molecule has 0 amide bonds. The lowest BCUT2D eigenvalue weighted by atomic mass is 10.2. The van der Waals surface area contributed by atoms with E-state index in [4.69, 9.17) is 11.6 Å². The number of H-pyrrole nitrogens is 1. The highest BCUT2D eigenvalue weighted by molar-refractivity contribution is 7.12. The molecular weight excluding hydrogens is 208 g/mol. The Morgan fingerprint density at radius 2 is 2.00 bits per heavy atom. The Labute approximate surface area is 83.0 Å². The predicted octanol–water partition coefficient (Wildman–Crippen LogP) is 2.15. The largest absolute Gasteiger partial charge is 0.322 e. The van der Waals surface area contributed by atoms with Gasteiger partial charge in [-0.1, -0.05) is 35.1 Å². The van der Waals surface area contributed by atoms with E-state index in [2.05, 4.69) is 10.2 Å². The number of aromatic amines is 1. The average molecular weight is 213 g/mol. The summed E-state index contributed by atoms with van der Waals surface area (Å²) in [6, 6.07) is 7.19. The lowest BCUT2D eigenvalue weighted by molar-refractivity contribution is 1.06. The quantitative estimate of drug-likeness (QED) is 0.788. The molecule has 2 aromatic rings. The number of halogens is 1. The maximum absolute atomic E-state index is 10.8. The second-order valence-electron chi connectivity index (χ2n) is 2.43. The van der Waals surface area contributed by atoms with E-state index in [1.54, 1.807) is 12.1 Å². The van der Waals surface area contributed by atoms with E-state index in [9.17, 15) is 4.79 Å². The highest BCUT2D eigenvalue weighted by Gasteiger charge is 2.01. The molecule has 3 nitrogen and oxygen atoms in total. The molecule has 0 bridgehead atoms. The van der Waals surface area contributed by atoms with Crippen LogP contribution in [0.2, 0.25) is 5.02 Å². The standard InChI is InChI=1S/C8H5ClN2OS/c9-6-3-1-5(2-4-6)7-10-11-8(12)13-7/h1-4H,(H,11,12). The topological polar surface area (TPSA) is 45.8 Å². The van der Waals surface area contributed by atoms with Gasteiger partial charge in [0.25, 0.3) is 0 Å². The summed E-state index contributed by atoms with van der Waals surface area (Å²) in [4.78, 5) is 10.7. The molecule has 0 saturated carbocycles. The Hall–Kier alpha value is -1.13. The molecule has 0 radical (unpaired) electrons. The van der Waals surface area contributed by atoms with Crippen molar-refractivity contribution in [3.8, 4) is 10.6 Å². The minimum Gasteiger partial charge on any atom is -0.255 e. The third-order valence-corrected chi connectivity index (χ3v) is 2.58. The lowest BCUT2D eigenvalue weighted by Crippen LogP contribution is -1.90. The molecule has 0 fully saturated rings. The van der Waals surface area contributed by atoms with E-state index in [0.717, 1.165) is 16.9 Å². The highest BCUT2D eigenvalue weighted by atomic mass is 35.5. The van der Waals surface area contributed by atoms with Crippen molar-refractivity contribution in [1.82, 2.24) is 10.2 Å². The summed E-state index contributed by atoms with van der Waals surface area (Å²) in [7, 11) is 0. The summed E-state index contributed by atoms with van der Waals surface area (Å²) >= 11 is 6.80. The van der Waals surface area contributed by atoms with Crippen molar-refractivity contribution in [1.29, 1.82) is 0 Å². The zero-order chi connectivity index (χ0) is 9.26. The van der Waals surface area contributed by atoms with Crippen LogP contribution >= 0.6 is 22.9 Å². The summed E-state index contributed by atoms with van der Waals surface area (Å²) < 4.78 is 0. The van der Waals surface area contributed by atoms with Crippen LogP contribution in [0, 0.1) is 0 Å². The molecule has 0 atom stereocenters. The molecule has 0 unspecified atom stereocenters. The number of nitrogens with zero attached hydrogens (tertiary/aromatic N) is 1. The number of hydrogen-bond donors (Lipinski definition) is 1. The predicted molar refractivity (Wildman–Crippen MR) is 53.2 cm³/mol. The Morgan fingerprint density at radius 1 is 1.31 bits per heavy atom. The minimum absolute atomic E-state index is 0.148. The van der Waals surface area contributed by atoms with Crippen LogP contribution in [0.15, 0.2) is 29.1 Å². The second kappa shape index (κ2) is 3.32. The van der Waals surface area contributed by atoms with Gasteiger partial charge in [0.05, 0.1) is 0 Å². The fourth-order valence-electron chi connectivity index (χ4n) is 0.946. The summed E-state index contributed by atoms with van der Waals surface area (Å²) in [5, 5.41) is 7.57. The first-order valence-electron chi connectivity index (χ1n) is 3.57. The fraction of sp³-hybridized carbons (Fsp3) is 0. The van der Waals surface area contributed by atoms with Crippen molar-refractivity contribution in [3.63, 3.8) is 0 Å². The van der Waals surface area contributed by atoms with Gasteiger partial charge < -0.3 is 0 Å². The molecular formula is C8H5ClN2OS. The van der Waals surface area contributed by atoms with Crippen LogP contribution in [0.5, 0.6) is 0 Å². The molecule has 1 N–H and O–H groups in total. The van der Waals surface area contributed by atoms with Crippen LogP contribution in [-0.4, -0.2) is 10.2 Å². The first-order valence-corrected chi connectivity index (χ1v) is 4.76. The van der Waals surface area contributed by atoms with Gasteiger partial charge in [-0.2, -0.15) is 5.10 Å². The third kappa shape index (κ3) is 1.79. The van der Waals surface area contributed by atoms with Crippen molar-refractivity contribution < 1.29 is 0 Å². The average Bonchev–Trinajstić information content (AvgIpc) is 2.53. The Morgan fingerprint density at radius 3 is 2.54 bits per heavy atom. The minimum atomic E-state index is -0.148. The Kier molecular flexibility index (Phi) is 2.16. The summed E-state index contributed by atoms with van der Waals surface area (Å²) in [5.41, 5.74) is 0.896. The van der Waals surface area contributed by atoms with Crippen LogP contribution in [0.3, 0.4) is 0 Å². The van der Waals surface area contributed by atoms with Crippen molar-refractivity contribution in [2.75, 3.05) is 0 Å². The van der Waals surface area contributed by atoms with Crippen molar-refractivity contribution in [2.45, 2.75) is 0 Å². The smallest absolute Gasteiger partial charge is 0.255 e. The van der Waals surface area contributed by atoms with Gasteiger partial charge in [-0.25, -0.2) is 5.10 Å². The molecule has 0 aliphatic heterocycles. The van der Waals surface area contributed by atoms with Gasteiger partial charge in [-0.05, 0) is 12.1 Å². The normalized spacial score (nSPS) is 10.2. The van der Waals surface area contributed by atoms with E-state index < -0.39 is 0 Å². The number of rotatable bonds is 1. The Balaban J connectivity index is 2.47. The molecule has 13 heavy (non-hydrogen) atoms. The highest BCUT2D eigenvalue weighted by Crippen LogP contribution is 2.20. The van der Waals surface area contributed by atoms with Gasteiger partial charge in [0.15, 0.2) is 0 Å². The molecule has 1 aromatic carbocycles. The maximum atomic E-state index is 10.8. The molecule has 0 saturated heterocycles. The van der Waals surface area contributed by atoms with E-state index in [1.165, 1.54) is 0 Å². The lowest BCUT2D eigenvalue weighted by Gasteiger charge is -1.93. The molecule has 0 aliphatic rings. The molecule has 0 spiro atoms. The zero-order valence-electron chi connectivity index (χ0n) is 6.45. The first kappa shape index (κ1) is 8.47. The van der Waals surface area contributed by atoms with E-state index in [-0.39, 0.29) is 4.87 Å². The molecule has 1 heterocycles. The molecule has 1 aromatic heterocycles. The van der Waals surface area contributed by atoms with Crippen molar-refractivity contribution >= 4 is 22.9 Å². The van der Waals surface area contributed by atoms with E-state index in [1.807, 2.05) is 12.1 Å². The third-order valence-electron chi connectivity index (χ3n) is 1.53. The number of nitrogens with one attached hydrogen (secondary N) is 1. The fourth-order valence-corrected chi connectivity index (χ4v) is 1.68. The molecule has 5 heteroatoms. The van der Waals surface area contributed by atoms with Crippen LogP contribution in [0.4, 0.5) is 0 Å². The zero-order valence-corrected chi connectivity index (χ0v) is 8.02. The first-order chi connectivity index (χ1) is 6.25. The number of aromatic nitrogens is 2. The van der Waals surface area contributed by atoms with Gasteiger partial charge >= 0.3 is 4.87 Å². The second-order valence-corrected chi connectivity index (χ2v) is 3.82.